The van der Waals surface area contributed by atoms with Gasteiger partial charge in [-0.2, -0.15) is 0 Å². The van der Waals surface area contributed by atoms with Crippen molar-refractivity contribution in [3.05, 3.63) is 34.9 Å². The Hall–Kier alpha value is -0.530. The molecule has 1 N–H and O–H groups in total. The minimum absolute atomic E-state index is 0. The summed E-state index contributed by atoms with van der Waals surface area (Å²) < 4.78 is 0. The topological polar surface area (TPSA) is 12.0 Å². The van der Waals surface area contributed by atoms with Gasteiger partial charge in [0.25, 0.3) is 0 Å². The Bertz CT molecular complexity index is 323. The van der Waals surface area contributed by atoms with Gasteiger partial charge in [-0.3, -0.25) is 0 Å². The summed E-state index contributed by atoms with van der Waals surface area (Å²) in [5.41, 5.74) is 4.60. The van der Waals surface area contributed by atoms with Crippen LogP contribution in [0.25, 0.3) is 0 Å². The van der Waals surface area contributed by atoms with Crippen LogP contribution in [-0.2, 0) is 19.4 Å². The molecule has 1 aromatic carbocycles. The van der Waals surface area contributed by atoms with E-state index in [4.69, 9.17) is 0 Å². The molecule has 16 heavy (non-hydrogen) atoms. The number of benzene rings is 1. The molecule has 1 heterocycles. The lowest BCUT2D eigenvalue weighted by atomic mass is 9.99. The lowest BCUT2D eigenvalue weighted by molar-refractivity contribution is 0.680. The highest BCUT2D eigenvalue weighted by atomic mass is 35.5. The average molecular weight is 240 g/mol. The Morgan fingerprint density at radius 2 is 2.12 bits per heavy atom. The van der Waals surface area contributed by atoms with E-state index in [0.717, 1.165) is 6.54 Å². The first-order valence-electron chi connectivity index (χ1n) is 6.21. The van der Waals surface area contributed by atoms with Gasteiger partial charge in [-0.25, -0.2) is 0 Å². The van der Waals surface area contributed by atoms with Gasteiger partial charge < -0.3 is 5.32 Å². The third kappa shape index (κ3) is 3.50. The van der Waals surface area contributed by atoms with Gasteiger partial charge in [0, 0.05) is 6.54 Å². The standard InChI is InChI=1S/C14H21N.ClH/c1-2-3-5-12-7-8-13-6-4-9-15-11-14(13)10-12;/h7-8,10,15H,2-6,9,11H2,1H3;1H. The van der Waals surface area contributed by atoms with E-state index in [0.29, 0.717) is 0 Å². The van der Waals surface area contributed by atoms with Gasteiger partial charge in [-0.1, -0.05) is 31.5 Å². The van der Waals surface area contributed by atoms with Crippen LogP contribution < -0.4 is 5.32 Å². The second kappa shape index (κ2) is 6.93. The molecule has 1 aliphatic heterocycles. The lowest BCUT2D eigenvalue weighted by Crippen LogP contribution is -2.12. The van der Waals surface area contributed by atoms with Crippen LogP contribution in [0.1, 0.15) is 42.9 Å². The van der Waals surface area contributed by atoms with Gasteiger partial charge in [-0.05, 0) is 48.9 Å². The highest BCUT2D eigenvalue weighted by Crippen LogP contribution is 2.17. The first-order chi connectivity index (χ1) is 7.40. The zero-order valence-corrected chi connectivity index (χ0v) is 10.9. The maximum Gasteiger partial charge on any atom is 0.0208 e. The van der Waals surface area contributed by atoms with Crippen LogP contribution in [0, 0.1) is 0 Å². The van der Waals surface area contributed by atoms with Crippen molar-refractivity contribution < 1.29 is 0 Å². The van der Waals surface area contributed by atoms with Crippen molar-refractivity contribution in [2.24, 2.45) is 0 Å². The monoisotopic (exact) mass is 239 g/mol. The molecular formula is C14H22ClN. The van der Waals surface area contributed by atoms with E-state index in [1.54, 1.807) is 5.56 Å². The fourth-order valence-corrected chi connectivity index (χ4v) is 2.25. The van der Waals surface area contributed by atoms with Gasteiger partial charge in [0.15, 0.2) is 0 Å². The third-order valence-corrected chi connectivity index (χ3v) is 3.20. The Labute approximate surface area is 105 Å². The molecular weight excluding hydrogens is 218 g/mol. The van der Waals surface area contributed by atoms with Crippen LogP contribution in [-0.4, -0.2) is 6.54 Å². The van der Waals surface area contributed by atoms with Crippen LogP contribution in [0.3, 0.4) is 0 Å². The summed E-state index contributed by atoms with van der Waals surface area (Å²) in [6, 6.07) is 7.07. The summed E-state index contributed by atoms with van der Waals surface area (Å²) in [5, 5.41) is 3.49. The number of halogens is 1. The molecule has 0 radical (unpaired) electrons. The predicted molar refractivity (Wildman–Crippen MR) is 72.3 cm³/mol. The Morgan fingerprint density at radius 3 is 2.94 bits per heavy atom. The lowest BCUT2D eigenvalue weighted by Gasteiger charge is -2.08. The zero-order valence-electron chi connectivity index (χ0n) is 10.1. The molecule has 2 heteroatoms. The maximum absolute atomic E-state index is 3.49. The molecule has 0 saturated heterocycles. The van der Waals surface area contributed by atoms with Crippen molar-refractivity contribution in [3.8, 4) is 0 Å². The fraction of sp³-hybridized carbons (Fsp3) is 0.571. The summed E-state index contributed by atoms with van der Waals surface area (Å²) in [6.07, 6.45) is 6.36. The van der Waals surface area contributed by atoms with Crippen LogP contribution in [0.15, 0.2) is 18.2 Å². The summed E-state index contributed by atoms with van der Waals surface area (Å²) in [7, 11) is 0. The molecule has 0 fully saturated rings. The smallest absolute Gasteiger partial charge is 0.0208 e. The van der Waals surface area contributed by atoms with E-state index >= 15 is 0 Å². The van der Waals surface area contributed by atoms with Crippen LogP contribution in [0.5, 0.6) is 0 Å². The Morgan fingerprint density at radius 1 is 1.25 bits per heavy atom. The number of hydrogen-bond acceptors (Lipinski definition) is 1. The minimum Gasteiger partial charge on any atom is -0.313 e. The number of aryl methyl sites for hydroxylation is 2. The van der Waals surface area contributed by atoms with E-state index in [1.807, 2.05) is 0 Å². The van der Waals surface area contributed by atoms with E-state index < -0.39 is 0 Å². The van der Waals surface area contributed by atoms with Crippen LogP contribution in [0.2, 0.25) is 0 Å². The van der Waals surface area contributed by atoms with E-state index in [1.165, 1.54) is 49.8 Å². The predicted octanol–water partition coefficient (Wildman–Crippen LogP) is 3.49. The molecule has 1 aliphatic rings. The average Bonchev–Trinajstić information content (AvgIpc) is 2.50. The second-order valence-corrected chi connectivity index (χ2v) is 4.49. The van der Waals surface area contributed by atoms with Crippen molar-refractivity contribution in [2.75, 3.05) is 6.54 Å². The summed E-state index contributed by atoms with van der Waals surface area (Å²) >= 11 is 0. The maximum atomic E-state index is 3.49. The van der Waals surface area contributed by atoms with Gasteiger partial charge in [0.1, 0.15) is 0 Å². The molecule has 0 aliphatic carbocycles. The minimum atomic E-state index is 0. The van der Waals surface area contributed by atoms with E-state index in [9.17, 15) is 0 Å². The number of rotatable bonds is 3. The van der Waals surface area contributed by atoms with E-state index in [2.05, 4.69) is 30.4 Å². The molecule has 0 spiro atoms. The fourth-order valence-electron chi connectivity index (χ4n) is 2.25. The molecule has 2 rings (SSSR count). The SMILES string of the molecule is CCCCc1ccc2c(c1)CNCCC2.Cl. The molecule has 1 nitrogen and oxygen atoms in total. The highest BCUT2D eigenvalue weighted by Gasteiger charge is 2.07. The molecule has 0 bridgehead atoms. The number of nitrogens with one attached hydrogen (secondary N) is 1. The van der Waals surface area contributed by atoms with Crippen molar-refractivity contribution in [1.29, 1.82) is 0 Å². The largest absolute Gasteiger partial charge is 0.313 e. The molecule has 0 aromatic heterocycles. The molecule has 0 unspecified atom stereocenters. The molecule has 0 atom stereocenters. The highest BCUT2D eigenvalue weighted by molar-refractivity contribution is 5.85. The van der Waals surface area contributed by atoms with Crippen molar-refractivity contribution in [1.82, 2.24) is 5.32 Å². The Kier molecular flexibility index (Phi) is 5.86. The quantitative estimate of drug-likeness (QED) is 0.852. The third-order valence-electron chi connectivity index (χ3n) is 3.20. The molecule has 0 amide bonds. The second-order valence-electron chi connectivity index (χ2n) is 4.49. The normalized spacial score (nSPS) is 14.8. The number of hydrogen-bond donors (Lipinski definition) is 1. The van der Waals surface area contributed by atoms with Gasteiger partial charge in [-0.15, -0.1) is 12.4 Å². The van der Waals surface area contributed by atoms with Gasteiger partial charge in [0.05, 0.1) is 0 Å². The zero-order chi connectivity index (χ0) is 10.5. The van der Waals surface area contributed by atoms with Crippen molar-refractivity contribution >= 4 is 12.4 Å². The first kappa shape index (κ1) is 13.5. The Balaban J connectivity index is 0.00000128. The van der Waals surface area contributed by atoms with Gasteiger partial charge >= 0.3 is 0 Å². The van der Waals surface area contributed by atoms with Gasteiger partial charge in [0.2, 0.25) is 0 Å². The van der Waals surface area contributed by atoms with Crippen molar-refractivity contribution in [2.45, 2.75) is 45.6 Å². The van der Waals surface area contributed by atoms with Crippen LogP contribution >= 0.6 is 12.4 Å². The number of fused-ring (bicyclic) bond motifs is 1. The first-order valence-corrected chi connectivity index (χ1v) is 6.21. The molecule has 1 aromatic rings. The summed E-state index contributed by atoms with van der Waals surface area (Å²) in [5.74, 6) is 0. The van der Waals surface area contributed by atoms with Crippen molar-refractivity contribution in [3.63, 3.8) is 0 Å². The summed E-state index contributed by atoms with van der Waals surface area (Å²) in [4.78, 5) is 0. The molecule has 90 valence electrons. The summed E-state index contributed by atoms with van der Waals surface area (Å²) in [6.45, 7) is 4.49. The number of unbranched alkanes of at least 4 members (excludes halogenated alkanes) is 1. The van der Waals surface area contributed by atoms with Crippen LogP contribution in [0.4, 0.5) is 0 Å². The van der Waals surface area contributed by atoms with E-state index in [-0.39, 0.29) is 12.4 Å². The molecule has 0 saturated carbocycles.